The Morgan fingerprint density at radius 1 is 1.06 bits per heavy atom. The van der Waals surface area contributed by atoms with Gasteiger partial charge in [-0.1, -0.05) is 18.7 Å². The second-order valence-electron chi connectivity index (χ2n) is 2.95. The van der Waals surface area contributed by atoms with Gasteiger partial charge in [-0.15, -0.1) is 0 Å². The lowest BCUT2D eigenvalue weighted by Crippen LogP contribution is -1.98. The SMILES string of the molecule is C=NC(=O)/C=C/C(=O)N=C1C=CC(=C)C=C1. The van der Waals surface area contributed by atoms with Crippen LogP contribution in [0.25, 0.3) is 0 Å². The molecule has 0 atom stereocenters. The van der Waals surface area contributed by atoms with Gasteiger partial charge in [-0.25, -0.2) is 9.98 Å². The lowest BCUT2D eigenvalue weighted by molar-refractivity contribution is -0.115. The summed E-state index contributed by atoms with van der Waals surface area (Å²) in [6.45, 7) is 6.74. The Kier molecular flexibility index (Phi) is 4.03. The van der Waals surface area contributed by atoms with Crippen LogP contribution in [0.1, 0.15) is 0 Å². The molecule has 0 saturated carbocycles. The van der Waals surface area contributed by atoms with Crippen molar-refractivity contribution in [2.24, 2.45) is 9.98 Å². The zero-order valence-corrected chi connectivity index (χ0v) is 8.59. The molecule has 80 valence electrons. The zero-order chi connectivity index (χ0) is 12.0. The molecule has 0 spiro atoms. The van der Waals surface area contributed by atoms with Crippen molar-refractivity contribution < 1.29 is 9.59 Å². The Morgan fingerprint density at radius 3 is 2.19 bits per heavy atom. The van der Waals surface area contributed by atoms with Crippen molar-refractivity contribution >= 4 is 24.2 Å². The molecule has 0 heterocycles. The summed E-state index contributed by atoms with van der Waals surface area (Å²) in [4.78, 5) is 28.8. The molecule has 1 aliphatic rings. The fourth-order valence-electron chi connectivity index (χ4n) is 0.930. The van der Waals surface area contributed by atoms with Gasteiger partial charge in [0.05, 0.1) is 5.71 Å². The second kappa shape index (κ2) is 5.50. The summed E-state index contributed by atoms with van der Waals surface area (Å²) in [6.07, 6.45) is 8.89. The van der Waals surface area contributed by atoms with Crippen LogP contribution in [0.4, 0.5) is 0 Å². The normalized spacial score (nSPS) is 14.2. The summed E-state index contributed by atoms with van der Waals surface area (Å²) in [7, 11) is 0. The van der Waals surface area contributed by atoms with Crippen LogP contribution in [0.3, 0.4) is 0 Å². The fraction of sp³-hybridized carbons (Fsp3) is 0. The summed E-state index contributed by atoms with van der Waals surface area (Å²) in [5.41, 5.74) is 1.36. The summed E-state index contributed by atoms with van der Waals surface area (Å²) in [6, 6.07) is 0. The Hall–Kier alpha value is -2.36. The standard InChI is InChI=1S/C12H10N2O2/c1-9-3-5-10(6-4-9)14-12(16)8-7-11(15)13-2/h3-8H,1-2H2/b8-7+. The Morgan fingerprint density at radius 2 is 1.62 bits per heavy atom. The summed E-state index contributed by atoms with van der Waals surface area (Å²) < 4.78 is 0. The van der Waals surface area contributed by atoms with E-state index in [-0.39, 0.29) is 0 Å². The van der Waals surface area contributed by atoms with Crippen molar-refractivity contribution in [3.63, 3.8) is 0 Å². The van der Waals surface area contributed by atoms with Crippen molar-refractivity contribution in [1.29, 1.82) is 0 Å². The third-order valence-corrected chi connectivity index (χ3v) is 1.70. The number of nitrogens with zero attached hydrogens (tertiary/aromatic N) is 2. The second-order valence-corrected chi connectivity index (χ2v) is 2.95. The average molecular weight is 214 g/mol. The number of carbonyl (C=O) groups excluding carboxylic acids is 2. The molecule has 0 saturated heterocycles. The Balaban J connectivity index is 2.68. The molecule has 0 N–H and O–H groups in total. The first kappa shape index (κ1) is 11.7. The quantitative estimate of drug-likeness (QED) is 0.515. The molecule has 16 heavy (non-hydrogen) atoms. The molecule has 0 bridgehead atoms. The summed E-state index contributed by atoms with van der Waals surface area (Å²) in [5.74, 6) is -1.09. The maximum Gasteiger partial charge on any atom is 0.270 e. The van der Waals surface area contributed by atoms with Gasteiger partial charge in [0.2, 0.25) is 0 Å². The van der Waals surface area contributed by atoms with E-state index in [9.17, 15) is 9.59 Å². The fourth-order valence-corrected chi connectivity index (χ4v) is 0.930. The highest BCUT2D eigenvalue weighted by molar-refractivity contribution is 6.13. The molecule has 0 aromatic heterocycles. The van der Waals surface area contributed by atoms with Gasteiger partial charge < -0.3 is 0 Å². The van der Waals surface area contributed by atoms with Crippen LogP contribution >= 0.6 is 0 Å². The van der Waals surface area contributed by atoms with Gasteiger partial charge in [0.25, 0.3) is 11.8 Å². The van der Waals surface area contributed by atoms with Gasteiger partial charge in [-0.05, 0) is 24.4 Å². The van der Waals surface area contributed by atoms with Gasteiger partial charge in [-0.3, -0.25) is 9.59 Å². The Labute approximate surface area is 93.1 Å². The monoisotopic (exact) mass is 214 g/mol. The molecular formula is C12H10N2O2. The largest absolute Gasteiger partial charge is 0.270 e. The minimum atomic E-state index is -0.573. The molecule has 1 aliphatic carbocycles. The average Bonchev–Trinajstić information content (AvgIpc) is 2.29. The number of amides is 2. The summed E-state index contributed by atoms with van der Waals surface area (Å²) >= 11 is 0. The molecule has 2 amide bonds. The number of allylic oxidation sites excluding steroid dienone is 5. The molecule has 0 aliphatic heterocycles. The van der Waals surface area contributed by atoms with Crippen molar-refractivity contribution in [3.05, 3.63) is 48.6 Å². The van der Waals surface area contributed by atoms with E-state index in [2.05, 4.69) is 23.3 Å². The number of hydrogen-bond acceptors (Lipinski definition) is 2. The predicted molar refractivity (Wildman–Crippen MR) is 63.6 cm³/mol. The van der Waals surface area contributed by atoms with Crippen LogP contribution in [-0.4, -0.2) is 24.2 Å². The van der Waals surface area contributed by atoms with E-state index in [1.807, 2.05) is 0 Å². The number of carbonyl (C=O) groups is 2. The van der Waals surface area contributed by atoms with Crippen LogP contribution in [0.15, 0.2) is 58.6 Å². The predicted octanol–water partition coefficient (Wildman–Crippen LogP) is 1.42. The minimum absolute atomic E-state index is 0.515. The Bertz CT molecular complexity index is 447. The summed E-state index contributed by atoms with van der Waals surface area (Å²) in [5, 5.41) is 0. The van der Waals surface area contributed by atoms with Crippen LogP contribution < -0.4 is 0 Å². The lowest BCUT2D eigenvalue weighted by Gasteiger charge is -1.98. The highest BCUT2D eigenvalue weighted by Crippen LogP contribution is 2.03. The minimum Gasteiger partial charge on any atom is -0.268 e. The van der Waals surface area contributed by atoms with Crippen LogP contribution in [0.5, 0.6) is 0 Å². The number of rotatable bonds is 2. The van der Waals surface area contributed by atoms with E-state index in [1.165, 1.54) is 0 Å². The van der Waals surface area contributed by atoms with E-state index in [0.29, 0.717) is 5.71 Å². The van der Waals surface area contributed by atoms with E-state index in [0.717, 1.165) is 17.7 Å². The maximum atomic E-state index is 11.2. The maximum absolute atomic E-state index is 11.2. The molecule has 0 radical (unpaired) electrons. The van der Waals surface area contributed by atoms with Crippen LogP contribution in [-0.2, 0) is 9.59 Å². The molecule has 0 unspecified atom stereocenters. The molecule has 0 fully saturated rings. The molecule has 0 aromatic rings. The third kappa shape index (κ3) is 3.79. The molecule has 4 heteroatoms. The van der Waals surface area contributed by atoms with E-state index >= 15 is 0 Å². The van der Waals surface area contributed by atoms with Gasteiger partial charge >= 0.3 is 0 Å². The van der Waals surface area contributed by atoms with Gasteiger partial charge in [0.1, 0.15) is 0 Å². The van der Waals surface area contributed by atoms with E-state index in [1.54, 1.807) is 24.3 Å². The van der Waals surface area contributed by atoms with Crippen molar-refractivity contribution in [3.8, 4) is 0 Å². The first-order valence-corrected chi connectivity index (χ1v) is 4.48. The highest BCUT2D eigenvalue weighted by Gasteiger charge is 1.99. The molecule has 1 rings (SSSR count). The molecule has 4 nitrogen and oxygen atoms in total. The van der Waals surface area contributed by atoms with E-state index < -0.39 is 11.8 Å². The highest BCUT2D eigenvalue weighted by atomic mass is 16.2. The van der Waals surface area contributed by atoms with Gasteiger partial charge in [-0.2, -0.15) is 0 Å². The lowest BCUT2D eigenvalue weighted by atomic mass is 10.1. The van der Waals surface area contributed by atoms with Gasteiger partial charge in [0.15, 0.2) is 0 Å². The molecular weight excluding hydrogens is 204 g/mol. The van der Waals surface area contributed by atoms with Crippen molar-refractivity contribution in [2.45, 2.75) is 0 Å². The first-order valence-electron chi connectivity index (χ1n) is 4.48. The number of hydrogen-bond donors (Lipinski definition) is 0. The topological polar surface area (TPSA) is 58.9 Å². The smallest absolute Gasteiger partial charge is 0.268 e. The zero-order valence-electron chi connectivity index (χ0n) is 8.59. The van der Waals surface area contributed by atoms with Crippen molar-refractivity contribution in [2.75, 3.05) is 0 Å². The number of aliphatic imine (C=N–C) groups is 2. The van der Waals surface area contributed by atoms with E-state index in [4.69, 9.17) is 0 Å². The third-order valence-electron chi connectivity index (χ3n) is 1.70. The first-order chi connectivity index (χ1) is 7.61. The molecule has 0 aromatic carbocycles. The van der Waals surface area contributed by atoms with Crippen LogP contribution in [0, 0.1) is 0 Å². The van der Waals surface area contributed by atoms with Crippen LogP contribution in [0.2, 0.25) is 0 Å². The van der Waals surface area contributed by atoms with Crippen molar-refractivity contribution in [1.82, 2.24) is 0 Å². The van der Waals surface area contributed by atoms with Gasteiger partial charge in [0, 0.05) is 12.2 Å².